The topological polar surface area (TPSA) is 97.8 Å². The summed E-state index contributed by atoms with van der Waals surface area (Å²) in [4.78, 5) is 14.8. The van der Waals surface area contributed by atoms with Gasteiger partial charge in [0.1, 0.15) is 0 Å². The number of hydrogen-bond acceptors (Lipinski definition) is 5. The lowest BCUT2D eigenvalue weighted by atomic mass is 10.3. The van der Waals surface area contributed by atoms with E-state index in [1.807, 2.05) is 0 Å². The van der Waals surface area contributed by atoms with Crippen LogP contribution in [0.1, 0.15) is 0 Å². The summed E-state index contributed by atoms with van der Waals surface area (Å²) in [5.74, 6) is -1.74. The standard InChI is InChI=1S/C6H9F2N3O3.ClH/c1-13-6(12)4(5(9)10)11-14-2-3(7)8;/h3H,2H2,1H3,(H3,9,10);1H/b11-4-;. The molecule has 0 fully saturated rings. The van der Waals surface area contributed by atoms with Crippen molar-refractivity contribution in [2.75, 3.05) is 13.7 Å². The number of ether oxygens (including phenoxy) is 1. The molecule has 0 rings (SSSR count). The number of alkyl halides is 2. The van der Waals surface area contributed by atoms with Gasteiger partial charge in [0.25, 0.3) is 6.43 Å². The Kier molecular flexibility index (Phi) is 8.45. The number of hydrogen-bond donors (Lipinski definition) is 2. The summed E-state index contributed by atoms with van der Waals surface area (Å²) in [7, 11) is 1.04. The zero-order chi connectivity index (χ0) is 11.1. The fraction of sp³-hybridized carbons (Fsp3) is 0.500. The summed E-state index contributed by atoms with van der Waals surface area (Å²) in [6, 6.07) is 0. The van der Waals surface area contributed by atoms with Crippen LogP contribution in [0.25, 0.3) is 0 Å². The predicted molar refractivity (Wildman–Crippen MR) is 50.6 cm³/mol. The van der Waals surface area contributed by atoms with Crippen molar-refractivity contribution in [2.45, 2.75) is 6.43 Å². The molecule has 0 unspecified atom stereocenters. The number of nitrogens with one attached hydrogen (secondary N) is 1. The van der Waals surface area contributed by atoms with Crippen molar-refractivity contribution >= 4 is 29.9 Å². The molecule has 0 radical (unpaired) electrons. The largest absolute Gasteiger partial charge is 0.464 e. The molecule has 0 aromatic heterocycles. The van der Waals surface area contributed by atoms with Crippen molar-refractivity contribution in [3.63, 3.8) is 0 Å². The predicted octanol–water partition coefficient (Wildman–Crippen LogP) is 0.155. The fourth-order valence-electron chi connectivity index (χ4n) is 0.451. The SMILES string of the molecule is COC(=O)/C(=N\OCC(F)F)C(=N)N.Cl. The Morgan fingerprint density at radius 1 is 1.60 bits per heavy atom. The molecule has 0 aromatic carbocycles. The molecule has 0 aliphatic rings. The lowest BCUT2D eigenvalue weighted by molar-refractivity contribution is -0.132. The third-order valence-electron chi connectivity index (χ3n) is 0.990. The van der Waals surface area contributed by atoms with Gasteiger partial charge < -0.3 is 15.3 Å². The Labute approximate surface area is 90.3 Å². The van der Waals surface area contributed by atoms with Gasteiger partial charge in [0.15, 0.2) is 12.4 Å². The van der Waals surface area contributed by atoms with E-state index in [1.54, 1.807) is 0 Å². The van der Waals surface area contributed by atoms with Crippen molar-refractivity contribution in [1.29, 1.82) is 5.41 Å². The number of rotatable bonds is 5. The Balaban J connectivity index is 0. The van der Waals surface area contributed by atoms with E-state index in [0.717, 1.165) is 7.11 Å². The molecular formula is C6H10ClF2N3O3. The first-order valence-corrected chi connectivity index (χ1v) is 3.39. The van der Waals surface area contributed by atoms with Crippen LogP contribution in [0.15, 0.2) is 5.16 Å². The highest BCUT2D eigenvalue weighted by Gasteiger charge is 2.16. The van der Waals surface area contributed by atoms with Crippen molar-refractivity contribution in [3.8, 4) is 0 Å². The Hall–Kier alpha value is -1.44. The average Bonchev–Trinajstić information content (AvgIpc) is 2.10. The Morgan fingerprint density at radius 3 is 2.47 bits per heavy atom. The molecule has 0 bridgehead atoms. The quantitative estimate of drug-likeness (QED) is 0.312. The van der Waals surface area contributed by atoms with Gasteiger partial charge in [-0.1, -0.05) is 5.16 Å². The first kappa shape index (κ1) is 16.0. The molecule has 0 amide bonds. The number of halogens is 3. The summed E-state index contributed by atoms with van der Waals surface area (Å²) in [5.41, 5.74) is 4.27. The highest BCUT2D eigenvalue weighted by atomic mass is 35.5. The molecule has 6 nitrogen and oxygen atoms in total. The second kappa shape index (κ2) is 7.92. The number of amidine groups is 1. The molecule has 0 atom stereocenters. The summed E-state index contributed by atoms with van der Waals surface area (Å²) in [6.07, 6.45) is -2.72. The Morgan fingerprint density at radius 2 is 2.13 bits per heavy atom. The van der Waals surface area contributed by atoms with E-state index in [1.165, 1.54) is 0 Å². The first-order valence-electron chi connectivity index (χ1n) is 3.39. The minimum absolute atomic E-state index is 0. The van der Waals surface area contributed by atoms with Crippen molar-refractivity contribution in [3.05, 3.63) is 0 Å². The van der Waals surface area contributed by atoms with E-state index < -0.39 is 30.5 Å². The van der Waals surface area contributed by atoms with Gasteiger partial charge in [0.05, 0.1) is 7.11 Å². The monoisotopic (exact) mass is 245 g/mol. The highest BCUT2D eigenvalue weighted by molar-refractivity contribution is 6.64. The maximum absolute atomic E-state index is 11.6. The van der Waals surface area contributed by atoms with Crippen LogP contribution >= 0.6 is 12.4 Å². The molecule has 0 spiro atoms. The zero-order valence-electron chi connectivity index (χ0n) is 7.70. The number of nitrogens with two attached hydrogens (primary N) is 1. The molecule has 0 aliphatic heterocycles. The van der Waals surface area contributed by atoms with Crippen LogP contribution in [-0.2, 0) is 14.4 Å². The number of esters is 1. The molecule has 0 heterocycles. The van der Waals surface area contributed by atoms with E-state index in [9.17, 15) is 13.6 Å². The maximum Gasteiger partial charge on any atom is 0.363 e. The average molecular weight is 246 g/mol. The van der Waals surface area contributed by atoms with Crippen LogP contribution in [0.3, 0.4) is 0 Å². The van der Waals surface area contributed by atoms with Gasteiger partial charge in [0, 0.05) is 0 Å². The summed E-state index contributed by atoms with van der Waals surface area (Å²) < 4.78 is 27.3. The van der Waals surface area contributed by atoms with E-state index in [4.69, 9.17) is 11.1 Å². The van der Waals surface area contributed by atoms with Crippen LogP contribution in [0.2, 0.25) is 0 Å². The summed E-state index contributed by atoms with van der Waals surface area (Å²) in [5, 5.41) is 9.80. The minimum atomic E-state index is -2.72. The van der Waals surface area contributed by atoms with Crippen molar-refractivity contribution in [2.24, 2.45) is 10.9 Å². The molecule has 15 heavy (non-hydrogen) atoms. The molecule has 0 aliphatic carbocycles. The second-order valence-corrected chi connectivity index (χ2v) is 2.03. The first-order chi connectivity index (χ1) is 6.49. The van der Waals surface area contributed by atoms with Crippen LogP contribution in [0, 0.1) is 5.41 Å². The third kappa shape index (κ3) is 6.61. The second-order valence-electron chi connectivity index (χ2n) is 2.03. The molecule has 0 aromatic rings. The van der Waals surface area contributed by atoms with Gasteiger partial charge in [0.2, 0.25) is 5.71 Å². The van der Waals surface area contributed by atoms with E-state index in [2.05, 4.69) is 14.7 Å². The smallest absolute Gasteiger partial charge is 0.363 e. The van der Waals surface area contributed by atoms with Gasteiger partial charge >= 0.3 is 5.97 Å². The van der Waals surface area contributed by atoms with Crippen LogP contribution < -0.4 is 5.73 Å². The van der Waals surface area contributed by atoms with Gasteiger partial charge in [-0.3, -0.25) is 5.41 Å². The maximum atomic E-state index is 11.6. The molecule has 9 heteroatoms. The van der Waals surface area contributed by atoms with Gasteiger partial charge in [-0.2, -0.15) is 0 Å². The highest BCUT2D eigenvalue weighted by Crippen LogP contribution is 1.94. The molecule has 0 saturated heterocycles. The normalized spacial score (nSPS) is 10.5. The third-order valence-corrected chi connectivity index (χ3v) is 0.990. The summed E-state index contributed by atoms with van der Waals surface area (Å²) in [6.45, 7) is -0.978. The van der Waals surface area contributed by atoms with E-state index in [0.29, 0.717) is 0 Å². The van der Waals surface area contributed by atoms with Gasteiger partial charge in [-0.05, 0) is 0 Å². The zero-order valence-corrected chi connectivity index (χ0v) is 8.51. The lowest BCUT2D eigenvalue weighted by Gasteiger charge is -2.02. The molecule has 0 saturated carbocycles. The van der Waals surface area contributed by atoms with E-state index in [-0.39, 0.29) is 12.4 Å². The molecular weight excluding hydrogens is 236 g/mol. The van der Waals surface area contributed by atoms with Gasteiger partial charge in [-0.25, -0.2) is 13.6 Å². The number of nitrogens with zero attached hydrogens (tertiary/aromatic N) is 1. The fourth-order valence-corrected chi connectivity index (χ4v) is 0.451. The Bertz CT molecular complexity index is 260. The molecule has 88 valence electrons. The number of carbonyl (C=O) groups excluding carboxylic acids is 1. The van der Waals surface area contributed by atoms with E-state index >= 15 is 0 Å². The van der Waals surface area contributed by atoms with Crippen LogP contribution in [0.5, 0.6) is 0 Å². The minimum Gasteiger partial charge on any atom is -0.464 e. The van der Waals surface area contributed by atoms with Gasteiger partial charge in [-0.15, -0.1) is 12.4 Å². The lowest BCUT2D eigenvalue weighted by Crippen LogP contribution is -2.31. The summed E-state index contributed by atoms with van der Waals surface area (Å²) >= 11 is 0. The van der Waals surface area contributed by atoms with Crippen molar-refractivity contribution < 1.29 is 23.1 Å². The number of oxime groups is 1. The number of carbonyl (C=O) groups is 1. The van der Waals surface area contributed by atoms with Crippen LogP contribution in [-0.4, -0.2) is 37.7 Å². The number of methoxy groups -OCH3 is 1. The van der Waals surface area contributed by atoms with Crippen molar-refractivity contribution in [1.82, 2.24) is 0 Å². The van der Waals surface area contributed by atoms with Crippen LogP contribution in [0.4, 0.5) is 8.78 Å². The molecule has 3 N–H and O–H groups in total.